The first-order valence-corrected chi connectivity index (χ1v) is 15.8. The molecule has 0 bridgehead atoms. The van der Waals surface area contributed by atoms with Gasteiger partial charge in [0, 0.05) is 44.4 Å². The van der Waals surface area contributed by atoms with Gasteiger partial charge in [0.15, 0.2) is 0 Å². The van der Waals surface area contributed by atoms with Crippen LogP contribution >= 0.6 is 11.6 Å². The SMILES string of the molecule is Cn1cncc1C(NS(C)(=O)=O)C1=Cc2cccnc2[C@@H](N2CCN(C(O)OC(C)(C)C)CC2)c2ccc(Cl)cc21. The minimum atomic E-state index is -3.61. The highest BCUT2D eigenvalue weighted by molar-refractivity contribution is 7.88. The fourth-order valence-electron chi connectivity index (χ4n) is 5.55. The van der Waals surface area contributed by atoms with Crippen molar-refractivity contribution in [1.29, 1.82) is 0 Å². The van der Waals surface area contributed by atoms with Gasteiger partial charge < -0.3 is 14.4 Å². The van der Waals surface area contributed by atoms with E-state index in [4.69, 9.17) is 21.3 Å². The topological polar surface area (TPSA) is 113 Å². The summed E-state index contributed by atoms with van der Waals surface area (Å²) in [6.07, 6.45) is 7.28. The summed E-state index contributed by atoms with van der Waals surface area (Å²) >= 11 is 6.58. The van der Waals surface area contributed by atoms with Gasteiger partial charge in [-0.3, -0.25) is 14.8 Å². The molecule has 0 radical (unpaired) electrons. The first kappa shape index (κ1) is 29.8. The Morgan fingerprint density at radius 3 is 2.54 bits per heavy atom. The van der Waals surface area contributed by atoms with E-state index in [1.165, 1.54) is 0 Å². The molecule has 0 saturated carbocycles. The summed E-state index contributed by atoms with van der Waals surface area (Å²) in [5.74, 6) is 0. The number of pyridine rings is 1. The Kier molecular flexibility index (Phi) is 8.41. The van der Waals surface area contributed by atoms with Gasteiger partial charge in [0.1, 0.15) is 0 Å². The maximum Gasteiger partial charge on any atom is 0.216 e. The van der Waals surface area contributed by atoms with E-state index in [0.717, 1.165) is 34.2 Å². The summed E-state index contributed by atoms with van der Waals surface area (Å²) in [6, 6.07) is 8.70. The number of aromatic nitrogens is 3. The summed E-state index contributed by atoms with van der Waals surface area (Å²) in [5, 5.41) is 11.2. The fraction of sp³-hybridized carbons (Fsp3) is 0.448. The Balaban J connectivity index is 1.59. The quantitative estimate of drug-likeness (QED) is 0.397. The predicted molar refractivity (Wildman–Crippen MR) is 159 cm³/mol. The maximum atomic E-state index is 12.6. The van der Waals surface area contributed by atoms with Crippen LogP contribution in [-0.2, 0) is 21.8 Å². The van der Waals surface area contributed by atoms with Crippen LogP contribution in [0, 0.1) is 0 Å². The summed E-state index contributed by atoms with van der Waals surface area (Å²) in [5.41, 5.74) is 4.54. The van der Waals surface area contributed by atoms with Crippen LogP contribution in [0.3, 0.4) is 0 Å². The number of hydrogen-bond donors (Lipinski definition) is 2. The number of sulfonamides is 1. The standard InChI is InChI=1S/C29H37ClN6O4S/c1-29(2,3)40-28(37)36-13-11-35(12-14-36)27-21-9-8-20(30)16-22(21)23(15-19-7-6-10-32-25(19)27)26(33-41(5,38)39)24-17-31-18-34(24)4/h6-10,15-18,26-28,33,37H,11-14H2,1-5H3/t26?,27-,28?/m0/s1. The molecule has 1 aliphatic heterocycles. The largest absolute Gasteiger partial charge is 0.356 e. The van der Waals surface area contributed by atoms with Crippen LogP contribution in [-0.4, -0.2) is 82.3 Å². The van der Waals surface area contributed by atoms with Crippen molar-refractivity contribution in [3.05, 3.63) is 82.2 Å². The highest BCUT2D eigenvalue weighted by Gasteiger charge is 2.37. The molecular weight excluding hydrogens is 564 g/mol. The number of benzene rings is 1. The molecule has 2 N–H and O–H groups in total. The van der Waals surface area contributed by atoms with Gasteiger partial charge in [-0.2, -0.15) is 0 Å². The van der Waals surface area contributed by atoms with Gasteiger partial charge in [0.2, 0.25) is 16.4 Å². The average Bonchev–Trinajstić information content (AvgIpc) is 3.26. The number of nitrogens with zero attached hydrogens (tertiary/aromatic N) is 5. The molecule has 0 spiro atoms. The van der Waals surface area contributed by atoms with Crippen LogP contribution in [0.4, 0.5) is 0 Å². The molecule has 3 heterocycles. The van der Waals surface area contributed by atoms with Crippen molar-refractivity contribution in [1.82, 2.24) is 29.1 Å². The lowest BCUT2D eigenvalue weighted by molar-refractivity contribution is -0.244. The second kappa shape index (κ2) is 11.6. The lowest BCUT2D eigenvalue weighted by Gasteiger charge is -2.42. The molecule has 5 rings (SSSR count). The molecule has 1 aromatic carbocycles. The molecular formula is C29H37ClN6O4S. The number of imidazole rings is 1. The highest BCUT2D eigenvalue weighted by atomic mass is 35.5. The van der Waals surface area contributed by atoms with Crippen molar-refractivity contribution in [2.75, 3.05) is 32.4 Å². The van der Waals surface area contributed by atoms with Gasteiger partial charge >= 0.3 is 0 Å². The molecule has 0 amide bonds. The zero-order valence-electron chi connectivity index (χ0n) is 24.0. The molecule has 220 valence electrons. The maximum absolute atomic E-state index is 12.6. The molecule has 3 atom stereocenters. The van der Waals surface area contributed by atoms with Crippen LogP contribution in [0.15, 0.2) is 49.1 Å². The average molecular weight is 601 g/mol. The third-order valence-corrected chi connectivity index (χ3v) is 8.24. The Bertz CT molecular complexity index is 1540. The van der Waals surface area contributed by atoms with E-state index in [9.17, 15) is 13.5 Å². The van der Waals surface area contributed by atoms with E-state index in [2.05, 4.69) is 14.6 Å². The number of ether oxygens (including phenoxy) is 1. The monoisotopic (exact) mass is 600 g/mol. The lowest BCUT2D eigenvalue weighted by Crippen LogP contribution is -2.53. The van der Waals surface area contributed by atoms with Gasteiger partial charge in [-0.15, -0.1) is 0 Å². The fourth-order valence-corrected chi connectivity index (χ4v) is 6.40. The Morgan fingerprint density at radius 1 is 1.17 bits per heavy atom. The van der Waals surface area contributed by atoms with Gasteiger partial charge in [-0.25, -0.2) is 18.1 Å². The molecule has 1 fully saturated rings. The molecule has 1 saturated heterocycles. The summed E-state index contributed by atoms with van der Waals surface area (Å²) in [7, 11) is -1.77. The minimum absolute atomic E-state index is 0.222. The molecule has 2 aromatic heterocycles. The number of nitrogens with one attached hydrogen (secondary N) is 1. The van der Waals surface area contributed by atoms with Crippen molar-refractivity contribution in [3.8, 4) is 0 Å². The number of halogens is 1. The number of aliphatic hydroxyl groups excluding tert-OH is 1. The van der Waals surface area contributed by atoms with Crippen LogP contribution in [0.2, 0.25) is 5.02 Å². The summed E-state index contributed by atoms with van der Waals surface area (Å²) in [6.45, 7) is 8.30. The molecule has 2 aliphatic rings. The zero-order valence-corrected chi connectivity index (χ0v) is 25.5. The molecule has 3 aromatic rings. The van der Waals surface area contributed by atoms with Crippen molar-refractivity contribution >= 4 is 33.3 Å². The smallest absolute Gasteiger partial charge is 0.216 e. The minimum Gasteiger partial charge on any atom is -0.356 e. The van der Waals surface area contributed by atoms with E-state index in [0.29, 0.717) is 36.9 Å². The lowest BCUT2D eigenvalue weighted by atomic mass is 9.90. The number of rotatable bonds is 7. The van der Waals surface area contributed by atoms with E-state index >= 15 is 0 Å². The van der Waals surface area contributed by atoms with Crippen molar-refractivity contribution in [3.63, 3.8) is 0 Å². The Morgan fingerprint density at radius 2 is 1.90 bits per heavy atom. The van der Waals surface area contributed by atoms with E-state index in [-0.39, 0.29) is 6.04 Å². The van der Waals surface area contributed by atoms with Crippen LogP contribution in [0.5, 0.6) is 0 Å². The second-order valence-corrected chi connectivity index (χ2v) is 13.8. The van der Waals surface area contributed by atoms with Crippen molar-refractivity contribution in [2.45, 2.75) is 44.9 Å². The van der Waals surface area contributed by atoms with E-state index in [1.54, 1.807) is 18.7 Å². The van der Waals surface area contributed by atoms with Crippen LogP contribution < -0.4 is 4.72 Å². The van der Waals surface area contributed by atoms with Crippen LogP contribution in [0.25, 0.3) is 11.6 Å². The van der Waals surface area contributed by atoms with Gasteiger partial charge in [-0.1, -0.05) is 23.7 Å². The molecule has 2 unspecified atom stereocenters. The number of aliphatic hydroxyl groups is 1. The van der Waals surface area contributed by atoms with Gasteiger partial charge in [-0.05, 0) is 67.3 Å². The number of piperazine rings is 1. The second-order valence-electron chi connectivity index (χ2n) is 11.6. The first-order valence-electron chi connectivity index (χ1n) is 13.5. The van der Waals surface area contributed by atoms with Gasteiger partial charge in [0.05, 0.1) is 47.9 Å². The molecule has 10 nitrogen and oxygen atoms in total. The third-order valence-electron chi connectivity index (χ3n) is 7.34. The normalized spacial score (nSPS) is 20.1. The molecule has 1 aliphatic carbocycles. The number of fused-ring (bicyclic) bond motifs is 2. The Hall–Kier alpha value is -2.64. The van der Waals surface area contributed by atoms with E-state index in [1.807, 2.05) is 73.7 Å². The molecule has 41 heavy (non-hydrogen) atoms. The summed E-state index contributed by atoms with van der Waals surface area (Å²) in [4.78, 5) is 13.4. The molecule has 12 heteroatoms. The van der Waals surface area contributed by atoms with Crippen molar-refractivity contribution < 1.29 is 18.3 Å². The highest BCUT2D eigenvalue weighted by Crippen LogP contribution is 2.44. The first-order chi connectivity index (χ1) is 19.3. The Labute approximate surface area is 246 Å². The van der Waals surface area contributed by atoms with Crippen molar-refractivity contribution in [2.24, 2.45) is 7.05 Å². The third kappa shape index (κ3) is 6.72. The number of aryl methyl sites for hydroxylation is 1. The summed E-state index contributed by atoms with van der Waals surface area (Å²) < 4.78 is 35.7. The zero-order chi connectivity index (χ0) is 29.5. The van der Waals surface area contributed by atoms with E-state index < -0.39 is 28.1 Å². The van der Waals surface area contributed by atoms with Gasteiger partial charge in [0.25, 0.3) is 0 Å². The predicted octanol–water partition coefficient (Wildman–Crippen LogP) is 3.41. The van der Waals surface area contributed by atoms with Crippen LogP contribution in [0.1, 0.15) is 60.9 Å². The number of hydrogen-bond acceptors (Lipinski definition) is 8.